The average molecular weight is 316 g/mol. The highest BCUT2D eigenvalue weighted by Crippen LogP contribution is 2.95. The van der Waals surface area contributed by atoms with Gasteiger partial charge in [0.1, 0.15) is 9.93 Å². The molecule has 4 aliphatic carbocycles. The highest BCUT2D eigenvalue weighted by molar-refractivity contribution is 6.54. The van der Waals surface area contributed by atoms with Crippen LogP contribution in [0.4, 0.5) is 0 Å². The minimum atomic E-state index is -0.740. The summed E-state index contributed by atoms with van der Waals surface area (Å²) in [5, 5.41) is 0. The van der Waals surface area contributed by atoms with Crippen molar-refractivity contribution >= 4 is 46.4 Å². The lowest BCUT2D eigenvalue weighted by molar-refractivity contribution is 0.0125. The zero-order valence-electron chi connectivity index (χ0n) is 9.53. The molecular formula is C12H14Cl4O. The molecule has 0 bridgehead atoms. The highest BCUT2D eigenvalue weighted by atomic mass is 35.5. The van der Waals surface area contributed by atoms with Gasteiger partial charge in [-0.1, -0.05) is 29.6 Å². The van der Waals surface area contributed by atoms with Crippen molar-refractivity contribution in [3.8, 4) is 0 Å². The van der Waals surface area contributed by atoms with Crippen LogP contribution >= 0.6 is 46.4 Å². The molecule has 4 aliphatic rings. The Balaban J connectivity index is 1.79. The monoisotopic (exact) mass is 314 g/mol. The molecule has 0 aliphatic heterocycles. The van der Waals surface area contributed by atoms with Crippen LogP contribution < -0.4 is 0 Å². The maximum absolute atomic E-state index is 6.58. The Bertz CT molecular complexity index is 423. The summed E-state index contributed by atoms with van der Waals surface area (Å²) < 4.78 is 4.35. The quantitative estimate of drug-likeness (QED) is 0.655. The molecule has 4 fully saturated rings. The van der Waals surface area contributed by atoms with Crippen LogP contribution in [0.2, 0.25) is 0 Å². The summed E-state index contributed by atoms with van der Waals surface area (Å²) in [7, 11) is 1.70. The molecule has 0 N–H and O–H groups in total. The molecule has 0 aromatic rings. The molecule has 0 heterocycles. The summed E-state index contributed by atoms with van der Waals surface area (Å²) in [6, 6.07) is 0. The Morgan fingerprint density at radius 1 is 1.06 bits per heavy atom. The van der Waals surface area contributed by atoms with Crippen molar-refractivity contribution in [3.63, 3.8) is 0 Å². The van der Waals surface area contributed by atoms with Gasteiger partial charge in [-0.05, 0) is 25.7 Å². The van der Waals surface area contributed by atoms with E-state index in [4.69, 9.17) is 51.1 Å². The van der Waals surface area contributed by atoms with Crippen molar-refractivity contribution < 1.29 is 4.74 Å². The normalized spacial score (nSPS) is 60.2. The molecule has 4 atom stereocenters. The molecule has 0 saturated heterocycles. The second-order valence-electron chi connectivity index (χ2n) is 6.24. The van der Waals surface area contributed by atoms with Gasteiger partial charge in [-0.2, -0.15) is 0 Å². The number of fused-ring (bicyclic) bond motifs is 1. The first-order valence-electron chi connectivity index (χ1n) is 6.12. The topological polar surface area (TPSA) is 9.23 Å². The van der Waals surface area contributed by atoms with Gasteiger partial charge in [0.25, 0.3) is 0 Å². The predicted octanol–water partition coefficient (Wildman–Crippen LogP) is 4.31. The second-order valence-corrected chi connectivity index (χ2v) is 8.96. The molecule has 17 heavy (non-hydrogen) atoms. The van der Waals surface area contributed by atoms with E-state index in [2.05, 4.69) is 0 Å². The first-order valence-corrected chi connectivity index (χ1v) is 7.63. The van der Waals surface area contributed by atoms with Gasteiger partial charge in [-0.15, -0.1) is 23.2 Å². The summed E-state index contributed by atoms with van der Waals surface area (Å²) in [6.45, 7) is 0. The molecule has 4 saturated carbocycles. The Hall–Kier alpha value is 1.12. The maximum atomic E-state index is 6.58. The van der Waals surface area contributed by atoms with Crippen molar-refractivity contribution in [2.45, 2.75) is 46.4 Å². The van der Waals surface area contributed by atoms with Crippen molar-refractivity contribution in [1.82, 2.24) is 0 Å². The second kappa shape index (κ2) is 2.76. The third-order valence-corrected chi connectivity index (χ3v) is 8.84. The maximum Gasteiger partial charge on any atom is 0.153 e. The van der Waals surface area contributed by atoms with E-state index in [9.17, 15) is 0 Å². The molecule has 0 radical (unpaired) electrons. The minimum absolute atomic E-state index is 0.00114. The van der Waals surface area contributed by atoms with Gasteiger partial charge >= 0.3 is 0 Å². The third-order valence-electron chi connectivity index (χ3n) is 6.23. The van der Waals surface area contributed by atoms with Crippen molar-refractivity contribution in [3.05, 3.63) is 0 Å². The highest BCUT2D eigenvalue weighted by Gasteiger charge is 2.96. The van der Waals surface area contributed by atoms with Crippen LogP contribution in [0.5, 0.6) is 0 Å². The van der Waals surface area contributed by atoms with E-state index >= 15 is 0 Å². The fraction of sp³-hybridized carbons (Fsp3) is 1.00. The predicted molar refractivity (Wildman–Crippen MR) is 70.1 cm³/mol. The van der Waals surface area contributed by atoms with E-state index in [1.54, 1.807) is 7.11 Å². The third kappa shape index (κ3) is 0.869. The number of hydrogen-bond acceptors (Lipinski definition) is 1. The first-order chi connectivity index (χ1) is 7.81. The van der Waals surface area contributed by atoms with E-state index in [1.165, 1.54) is 6.42 Å². The molecule has 1 nitrogen and oxygen atoms in total. The van der Waals surface area contributed by atoms with E-state index in [0.29, 0.717) is 0 Å². The zero-order valence-corrected chi connectivity index (χ0v) is 12.6. The number of hydrogen-bond donors (Lipinski definition) is 0. The van der Waals surface area contributed by atoms with Crippen molar-refractivity contribution in [1.29, 1.82) is 0 Å². The van der Waals surface area contributed by atoms with Crippen molar-refractivity contribution in [2.24, 2.45) is 16.7 Å². The molecule has 0 spiro atoms. The summed E-state index contributed by atoms with van der Waals surface area (Å²) in [5.74, 6) is 0.189. The number of alkyl halides is 4. The summed E-state index contributed by atoms with van der Waals surface area (Å²) in [4.78, 5) is 0. The van der Waals surface area contributed by atoms with Gasteiger partial charge in [-0.3, -0.25) is 0 Å². The van der Waals surface area contributed by atoms with Crippen LogP contribution in [0.3, 0.4) is 0 Å². The van der Waals surface area contributed by atoms with Crippen LogP contribution in [-0.2, 0) is 4.74 Å². The number of rotatable bonds is 1. The smallest absolute Gasteiger partial charge is 0.153 e. The fourth-order valence-electron chi connectivity index (χ4n) is 5.21. The largest absolute Gasteiger partial charge is 0.375 e. The Morgan fingerprint density at radius 3 is 2.35 bits per heavy atom. The molecule has 0 aromatic heterocycles. The van der Waals surface area contributed by atoms with E-state index in [1.807, 2.05) is 0 Å². The average Bonchev–Trinajstić information content (AvgIpc) is 2.80. The summed E-state index contributed by atoms with van der Waals surface area (Å²) in [5.41, 5.74) is -0.349. The SMILES string of the molecule is CO[C@]12C[C@@]34CCC[C@]3(C[C@H]1C2(Cl)Cl)C4(Cl)Cl. The number of methoxy groups -OCH3 is 1. The lowest BCUT2D eigenvalue weighted by Crippen LogP contribution is -2.30. The van der Waals surface area contributed by atoms with Gasteiger partial charge in [0.05, 0.1) is 0 Å². The molecule has 0 amide bonds. The Morgan fingerprint density at radius 2 is 1.71 bits per heavy atom. The van der Waals surface area contributed by atoms with Crippen LogP contribution in [-0.4, -0.2) is 21.4 Å². The van der Waals surface area contributed by atoms with Gasteiger partial charge in [0.15, 0.2) is 4.33 Å². The van der Waals surface area contributed by atoms with Crippen LogP contribution in [0.25, 0.3) is 0 Å². The van der Waals surface area contributed by atoms with Crippen molar-refractivity contribution in [2.75, 3.05) is 7.11 Å². The lowest BCUT2D eigenvalue weighted by Gasteiger charge is -2.28. The lowest BCUT2D eigenvalue weighted by atomic mass is 9.80. The molecule has 5 heteroatoms. The van der Waals surface area contributed by atoms with E-state index in [-0.39, 0.29) is 16.7 Å². The molecule has 96 valence electrons. The molecule has 0 aromatic carbocycles. The standard InChI is InChI=1S/C12H14Cl4O/c1-17-10-6-9-4-2-3-8(9,12(9,15)16)5-7(10)11(10,13)14/h7H,2-6H2,1H3/t7-,8-,9+,10-/m1/s1. The zero-order chi connectivity index (χ0) is 12.3. The van der Waals surface area contributed by atoms with Gasteiger partial charge in [0, 0.05) is 23.9 Å². The van der Waals surface area contributed by atoms with Crippen LogP contribution in [0, 0.1) is 16.7 Å². The molecule has 4 rings (SSSR count). The van der Waals surface area contributed by atoms with Gasteiger partial charge in [-0.25, -0.2) is 0 Å². The van der Waals surface area contributed by atoms with Crippen LogP contribution in [0.1, 0.15) is 32.1 Å². The van der Waals surface area contributed by atoms with Crippen LogP contribution in [0.15, 0.2) is 0 Å². The minimum Gasteiger partial charge on any atom is -0.375 e. The van der Waals surface area contributed by atoms with E-state index in [0.717, 1.165) is 25.7 Å². The summed E-state index contributed by atoms with van der Waals surface area (Å²) in [6.07, 6.45) is 5.15. The number of ether oxygens (including phenoxy) is 1. The van der Waals surface area contributed by atoms with E-state index < -0.39 is 14.3 Å². The number of halogens is 4. The molecule has 0 unspecified atom stereocenters. The Kier molecular flexibility index (Phi) is 1.94. The van der Waals surface area contributed by atoms with Gasteiger partial charge in [0.2, 0.25) is 0 Å². The summed E-state index contributed by atoms with van der Waals surface area (Å²) >= 11 is 26.0. The Labute approximate surface area is 121 Å². The van der Waals surface area contributed by atoms with Gasteiger partial charge < -0.3 is 4.74 Å². The first kappa shape index (κ1) is 11.9. The molecular weight excluding hydrogens is 302 g/mol. The fourth-order valence-corrected chi connectivity index (χ4v) is 7.45.